The van der Waals surface area contributed by atoms with E-state index in [-0.39, 0.29) is 0 Å². The summed E-state index contributed by atoms with van der Waals surface area (Å²) in [5.74, 6) is 0. The van der Waals surface area contributed by atoms with Gasteiger partial charge in [-0.05, 0) is 0 Å². The van der Waals surface area contributed by atoms with Crippen molar-refractivity contribution in [1.29, 1.82) is 0 Å². The molecule has 0 fully saturated rings. The highest BCUT2D eigenvalue weighted by atomic mass is 28.3. The van der Waals surface area contributed by atoms with Crippen molar-refractivity contribution in [3.63, 3.8) is 0 Å². The van der Waals surface area contributed by atoms with Crippen LogP contribution in [0.1, 0.15) is 0 Å². The number of rotatable bonds is 9. The largest absolute Gasteiger partial charge is 0.455 e. The first kappa shape index (κ1) is 13.2. The van der Waals surface area contributed by atoms with Crippen LogP contribution in [0.2, 0.25) is 0 Å². The third kappa shape index (κ3) is 8.56. The summed E-state index contributed by atoms with van der Waals surface area (Å²) < 4.78 is 5.14. The lowest BCUT2D eigenvalue weighted by Crippen LogP contribution is -2.43. The lowest BCUT2D eigenvalue weighted by molar-refractivity contribution is 0.591. The fraction of sp³-hybridized carbons (Fsp3) is 1.00. The molecule has 0 saturated carbocycles. The fourth-order valence-electron chi connectivity index (χ4n) is 0.794. The minimum atomic E-state index is -0.849. The number of hydrogen-bond acceptors (Lipinski definition) is 5. The number of nitrogens with two attached hydrogens (primary N) is 2. The topological polar surface area (TPSA) is 85.3 Å². The molecule has 7 heteroatoms. The van der Waals surface area contributed by atoms with Gasteiger partial charge in [0.15, 0.2) is 0 Å². The van der Waals surface area contributed by atoms with Crippen molar-refractivity contribution in [1.82, 2.24) is 10.6 Å². The van der Waals surface area contributed by atoms with Crippen LogP contribution in [-0.2, 0) is 4.12 Å². The van der Waals surface area contributed by atoms with E-state index in [0.29, 0.717) is 13.1 Å². The predicted octanol–water partition coefficient (Wildman–Crippen LogP) is -2.75. The molecule has 4 radical (unpaired) electrons. The normalized spacial score (nSPS) is 11.1. The molecule has 0 aromatic heterocycles. The van der Waals surface area contributed by atoms with E-state index >= 15 is 0 Å². The van der Waals surface area contributed by atoms with E-state index in [1.54, 1.807) is 0 Å². The van der Waals surface area contributed by atoms with Crippen LogP contribution in [0.15, 0.2) is 0 Å². The van der Waals surface area contributed by atoms with E-state index in [4.69, 9.17) is 15.6 Å². The highest BCUT2D eigenvalue weighted by Crippen LogP contribution is 1.78. The van der Waals surface area contributed by atoms with Gasteiger partial charge in [0.1, 0.15) is 0 Å². The average molecular weight is 218 g/mol. The molecular weight excluding hydrogens is 200 g/mol. The van der Waals surface area contributed by atoms with Crippen LogP contribution in [0.4, 0.5) is 0 Å². The molecular formula is C6H18N4OSi2. The molecule has 13 heavy (non-hydrogen) atoms. The van der Waals surface area contributed by atoms with Gasteiger partial charge in [0.2, 0.25) is 19.5 Å². The second kappa shape index (κ2) is 10.3. The van der Waals surface area contributed by atoms with Crippen LogP contribution in [0, 0.1) is 0 Å². The van der Waals surface area contributed by atoms with Crippen molar-refractivity contribution in [3.05, 3.63) is 0 Å². The quantitative estimate of drug-likeness (QED) is 0.249. The van der Waals surface area contributed by atoms with E-state index in [0.717, 1.165) is 25.4 Å². The lowest BCUT2D eigenvalue weighted by atomic mass is 10.7. The Balaban J connectivity index is 3.28. The zero-order valence-corrected chi connectivity index (χ0v) is 9.81. The van der Waals surface area contributed by atoms with Crippen LogP contribution in [-0.4, -0.2) is 58.0 Å². The predicted molar refractivity (Wildman–Crippen MR) is 56.4 cm³/mol. The standard InChI is InChI=1S/C6H18N4OSi2/c7-1-3-9-5-13(11-12)6-10-4-2-8/h9-10H,1-8H2. The molecule has 0 saturated heterocycles. The first-order valence-corrected chi connectivity index (χ1v) is 6.58. The Morgan fingerprint density at radius 2 is 1.54 bits per heavy atom. The molecule has 0 bridgehead atoms. The van der Waals surface area contributed by atoms with E-state index in [2.05, 4.69) is 21.1 Å². The van der Waals surface area contributed by atoms with Gasteiger partial charge in [-0.15, -0.1) is 0 Å². The molecule has 0 aliphatic carbocycles. The van der Waals surface area contributed by atoms with Gasteiger partial charge in [-0.3, -0.25) is 0 Å². The van der Waals surface area contributed by atoms with Gasteiger partial charge in [-0.25, -0.2) is 0 Å². The Morgan fingerprint density at radius 3 is 1.85 bits per heavy atom. The Labute approximate surface area is 84.9 Å². The Bertz CT molecular complexity index is 98.6. The Hall–Kier alpha value is 0.234. The summed E-state index contributed by atoms with van der Waals surface area (Å²) >= 11 is 0. The molecule has 76 valence electrons. The molecule has 0 atom stereocenters. The van der Waals surface area contributed by atoms with Gasteiger partial charge in [0, 0.05) is 38.5 Å². The van der Waals surface area contributed by atoms with Gasteiger partial charge < -0.3 is 26.2 Å². The lowest BCUT2D eigenvalue weighted by Gasteiger charge is -2.13. The average Bonchev–Trinajstić information content (AvgIpc) is 2.16. The van der Waals surface area contributed by atoms with Gasteiger partial charge in [-0.1, -0.05) is 0 Å². The molecule has 5 nitrogen and oxygen atoms in total. The van der Waals surface area contributed by atoms with Crippen molar-refractivity contribution in [3.8, 4) is 0 Å². The van der Waals surface area contributed by atoms with Crippen molar-refractivity contribution in [2.45, 2.75) is 0 Å². The number of hydrogen-bond donors (Lipinski definition) is 4. The van der Waals surface area contributed by atoms with E-state index in [1.807, 2.05) is 0 Å². The zero-order chi connectivity index (χ0) is 9.94. The summed E-state index contributed by atoms with van der Waals surface area (Å²) in [5.41, 5.74) is 10.7. The first-order valence-electron chi connectivity index (χ1n) is 4.35. The molecule has 0 aromatic rings. The molecule has 0 spiro atoms. The van der Waals surface area contributed by atoms with Crippen LogP contribution in [0.3, 0.4) is 0 Å². The summed E-state index contributed by atoms with van der Waals surface area (Å²) in [4.78, 5) is 0. The van der Waals surface area contributed by atoms with Crippen LogP contribution in [0.25, 0.3) is 0 Å². The minimum Gasteiger partial charge on any atom is -0.455 e. The van der Waals surface area contributed by atoms with Crippen molar-refractivity contribution in [2.75, 3.05) is 38.5 Å². The molecule has 6 N–H and O–H groups in total. The van der Waals surface area contributed by atoms with Gasteiger partial charge in [-0.2, -0.15) is 0 Å². The van der Waals surface area contributed by atoms with Crippen LogP contribution >= 0.6 is 0 Å². The maximum absolute atomic E-state index is 5.34. The van der Waals surface area contributed by atoms with Gasteiger partial charge in [0.05, 0.1) is 0 Å². The summed E-state index contributed by atoms with van der Waals surface area (Å²) in [5, 5.41) is 6.41. The zero-order valence-electron chi connectivity index (χ0n) is 7.81. The number of nitrogens with one attached hydrogen (secondary N) is 2. The maximum Gasteiger partial charge on any atom is 0.230 e. The molecule has 0 heterocycles. The summed E-state index contributed by atoms with van der Waals surface area (Å²) in [6, 6.07) is 0. The highest BCUT2D eigenvalue weighted by molar-refractivity contribution is 6.56. The Morgan fingerprint density at radius 1 is 1.08 bits per heavy atom. The SMILES string of the molecule is NCCNC[Si](CNCCN)O[Si]. The third-order valence-corrected chi connectivity index (χ3v) is 3.87. The summed E-state index contributed by atoms with van der Waals surface area (Å²) in [7, 11) is 2.22. The molecule has 0 aliphatic heterocycles. The second-order valence-corrected chi connectivity index (χ2v) is 5.17. The summed E-state index contributed by atoms with van der Waals surface area (Å²) in [6.45, 7) is 2.99. The molecule has 0 aliphatic rings. The van der Waals surface area contributed by atoms with Crippen molar-refractivity contribution in [2.24, 2.45) is 11.5 Å². The molecule has 0 rings (SSSR count). The Kier molecular flexibility index (Phi) is 10.5. The molecule has 0 aromatic carbocycles. The van der Waals surface area contributed by atoms with E-state index in [9.17, 15) is 0 Å². The third-order valence-electron chi connectivity index (χ3n) is 1.43. The minimum absolute atomic E-state index is 0.660. The first-order chi connectivity index (χ1) is 6.35. The maximum atomic E-state index is 5.34. The second-order valence-electron chi connectivity index (χ2n) is 2.57. The van der Waals surface area contributed by atoms with Gasteiger partial charge >= 0.3 is 0 Å². The van der Waals surface area contributed by atoms with Gasteiger partial charge in [0.25, 0.3) is 0 Å². The van der Waals surface area contributed by atoms with E-state index in [1.165, 1.54) is 0 Å². The van der Waals surface area contributed by atoms with Crippen molar-refractivity contribution >= 4 is 19.5 Å². The van der Waals surface area contributed by atoms with Crippen LogP contribution in [0.5, 0.6) is 0 Å². The fourth-order valence-corrected chi connectivity index (χ4v) is 2.41. The van der Waals surface area contributed by atoms with E-state index < -0.39 is 9.04 Å². The monoisotopic (exact) mass is 218 g/mol. The highest BCUT2D eigenvalue weighted by Gasteiger charge is 2.08. The molecule has 0 unspecified atom stereocenters. The molecule has 0 amide bonds. The van der Waals surface area contributed by atoms with Crippen LogP contribution < -0.4 is 22.1 Å². The smallest absolute Gasteiger partial charge is 0.230 e. The summed E-state index contributed by atoms with van der Waals surface area (Å²) in [6.07, 6.45) is 1.76. The van der Waals surface area contributed by atoms with Crippen molar-refractivity contribution < 1.29 is 4.12 Å².